The number of hydrogen-bond acceptors (Lipinski definition) is 5. The number of carbonyl (C=O) groups is 2. The van der Waals surface area contributed by atoms with Crippen LogP contribution in [0.3, 0.4) is 0 Å². The highest BCUT2D eigenvalue weighted by Crippen LogP contribution is 2.23. The molecule has 0 radical (unpaired) electrons. The number of carbonyl (C=O) groups excluding carboxylic acids is 2. The number of rotatable bonds is 11. The lowest BCUT2D eigenvalue weighted by Gasteiger charge is -2.32. The molecular weight excluding hydrogens is 406 g/mol. The maximum Gasteiger partial charge on any atom is 0.247 e. The molecule has 2 amide bonds. The zero-order valence-electron chi connectivity index (χ0n) is 18.9. The van der Waals surface area contributed by atoms with E-state index >= 15 is 0 Å². The fourth-order valence-corrected chi connectivity index (χ4v) is 3.53. The van der Waals surface area contributed by atoms with Gasteiger partial charge in [-0.15, -0.1) is 5.10 Å². The lowest BCUT2D eigenvalue weighted by atomic mass is 10.0. The lowest BCUT2D eigenvalue weighted by Crippen LogP contribution is -2.46. The second-order valence-electron chi connectivity index (χ2n) is 8.10. The number of methoxy groups -OCH3 is 1. The van der Waals surface area contributed by atoms with Gasteiger partial charge >= 0.3 is 0 Å². The minimum absolute atomic E-state index is 0.00724. The molecule has 0 saturated heterocycles. The number of para-hydroxylation sites is 1. The molecule has 0 spiro atoms. The predicted octanol–water partition coefficient (Wildman–Crippen LogP) is 2.81. The largest absolute Gasteiger partial charge is 0.383 e. The number of ether oxygens (including phenoxy) is 1. The van der Waals surface area contributed by atoms with Crippen LogP contribution in [0.1, 0.15) is 31.9 Å². The first-order valence-corrected chi connectivity index (χ1v) is 10.9. The van der Waals surface area contributed by atoms with Crippen LogP contribution in [0.15, 0.2) is 54.6 Å². The molecule has 8 nitrogen and oxygen atoms in total. The molecule has 0 fully saturated rings. The first-order valence-electron chi connectivity index (χ1n) is 10.9. The molecular formula is C24H31N5O3. The first-order chi connectivity index (χ1) is 15.5. The summed E-state index contributed by atoms with van der Waals surface area (Å²) in [5.74, 6) is -0.0312. The molecule has 3 aromatic rings. The number of nitrogens with zero attached hydrogens (tertiary/aromatic N) is 4. The van der Waals surface area contributed by atoms with E-state index in [9.17, 15) is 9.59 Å². The van der Waals surface area contributed by atoms with Gasteiger partial charge in [-0.3, -0.25) is 9.59 Å². The average molecular weight is 438 g/mol. The molecule has 32 heavy (non-hydrogen) atoms. The number of aromatic nitrogens is 3. The van der Waals surface area contributed by atoms with Gasteiger partial charge in [0.25, 0.3) is 0 Å². The summed E-state index contributed by atoms with van der Waals surface area (Å²) in [4.78, 5) is 28.4. The zero-order valence-corrected chi connectivity index (χ0v) is 18.9. The molecule has 1 heterocycles. The van der Waals surface area contributed by atoms with E-state index in [1.54, 1.807) is 16.7 Å². The molecule has 2 aromatic carbocycles. The molecule has 1 N–H and O–H groups in total. The predicted molar refractivity (Wildman–Crippen MR) is 123 cm³/mol. The Kier molecular flexibility index (Phi) is 8.33. The van der Waals surface area contributed by atoms with Crippen molar-refractivity contribution in [2.45, 2.75) is 32.9 Å². The maximum absolute atomic E-state index is 13.5. The van der Waals surface area contributed by atoms with E-state index in [1.165, 1.54) is 0 Å². The van der Waals surface area contributed by atoms with Gasteiger partial charge in [0.2, 0.25) is 11.8 Å². The van der Waals surface area contributed by atoms with E-state index in [4.69, 9.17) is 4.74 Å². The van der Waals surface area contributed by atoms with E-state index in [0.29, 0.717) is 25.6 Å². The van der Waals surface area contributed by atoms with Crippen molar-refractivity contribution in [1.29, 1.82) is 0 Å². The van der Waals surface area contributed by atoms with Crippen LogP contribution in [-0.4, -0.2) is 58.5 Å². The maximum atomic E-state index is 13.5. The van der Waals surface area contributed by atoms with E-state index < -0.39 is 6.04 Å². The van der Waals surface area contributed by atoms with Crippen LogP contribution < -0.4 is 5.32 Å². The van der Waals surface area contributed by atoms with Crippen molar-refractivity contribution < 1.29 is 14.3 Å². The third-order valence-corrected chi connectivity index (χ3v) is 5.25. The van der Waals surface area contributed by atoms with Crippen LogP contribution in [0.25, 0.3) is 11.0 Å². The molecule has 0 saturated carbocycles. The lowest BCUT2D eigenvalue weighted by molar-refractivity contribution is -0.141. The summed E-state index contributed by atoms with van der Waals surface area (Å²) in [6.45, 7) is 5.44. The quantitative estimate of drug-likeness (QED) is 0.466. The molecule has 0 aliphatic rings. The smallest absolute Gasteiger partial charge is 0.247 e. The molecule has 1 aromatic heterocycles. The third kappa shape index (κ3) is 5.91. The standard InChI is InChI=1S/C24H31N5O3/c1-18(2)13-15-28(22(30)17-29-21-12-8-7-11-20(21)26-27-29)23(19-9-5-4-6-10-19)24(31)25-14-16-32-3/h4-12,18,23H,13-17H2,1-3H3,(H,25,31)/t23-/m0/s1. The number of nitrogens with one attached hydrogen (secondary N) is 1. The van der Waals surface area contributed by atoms with Gasteiger partial charge in [0.1, 0.15) is 18.1 Å². The van der Waals surface area contributed by atoms with Crippen molar-refractivity contribution in [3.8, 4) is 0 Å². The summed E-state index contributed by atoms with van der Waals surface area (Å²) in [5, 5.41) is 11.2. The molecule has 0 aliphatic heterocycles. The van der Waals surface area contributed by atoms with Crippen molar-refractivity contribution >= 4 is 22.8 Å². The monoisotopic (exact) mass is 437 g/mol. The van der Waals surface area contributed by atoms with E-state index in [2.05, 4.69) is 29.5 Å². The molecule has 0 unspecified atom stereocenters. The molecule has 0 bridgehead atoms. The van der Waals surface area contributed by atoms with Gasteiger partial charge in [0, 0.05) is 20.2 Å². The van der Waals surface area contributed by atoms with E-state index in [1.807, 2.05) is 54.6 Å². The summed E-state index contributed by atoms with van der Waals surface area (Å²) in [6, 6.07) is 16.2. The average Bonchev–Trinajstić information content (AvgIpc) is 3.20. The molecule has 170 valence electrons. The molecule has 8 heteroatoms. The topological polar surface area (TPSA) is 89.4 Å². The third-order valence-electron chi connectivity index (χ3n) is 5.25. The van der Waals surface area contributed by atoms with Gasteiger partial charge < -0.3 is 15.0 Å². The van der Waals surface area contributed by atoms with Crippen LogP contribution >= 0.6 is 0 Å². The van der Waals surface area contributed by atoms with Crippen LogP contribution in [0.2, 0.25) is 0 Å². The van der Waals surface area contributed by atoms with Gasteiger partial charge in [-0.2, -0.15) is 0 Å². The Bertz CT molecular complexity index is 1020. The Hall–Kier alpha value is -3.26. The molecule has 3 rings (SSSR count). The van der Waals surface area contributed by atoms with Crippen LogP contribution in [0, 0.1) is 5.92 Å². The van der Waals surface area contributed by atoms with Crippen LogP contribution in [0.5, 0.6) is 0 Å². The Morgan fingerprint density at radius 3 is 2.53 bits per heavy atom. The summed E-state index contributed by atoms with van der Waals surface area (Å²) >= 11 is 0. The highest BCUT2D eigenvalue weighted by Gasteiger charge is 2.31. The minimum atomic E-state index is -0.742. The fourth-order valence-electron chi connectivity index (χ4n) is 3.53. The van der Waals surface area contributed by atoms with Gasteiger partial charge in [-0.1, -0.05) is 61.5 Å². The highest BCUT2D eigenvalue weighted by atomic mass is 16.5. The number of hydrogen-bond donors (Lipinski definition) is 1. The summed E-state index contributed by atoms with van der Waals surface area (Å²) in [7, 11) is 1.59. The van der Waals surface area contributed by atoms with Crippen LogP contribution in [0.4, 0.5) is 0 Å². The Morgan fingerprint density at radius 1 is 1.09 bits per heavy atom. The summed E-state index contributed by atoms with van der Waals surface area (Å²) in [5.41, 5.74) is 2.28. The number of fused-ring (bicyclic) bond motifs is 1. The van der Waals surface area contributed by atoms with E-state index in [-0.39, 0.29) is 18.4 Å². The van der Waals surface area contributed by atoms with E-state index in [0.717, 1.165) is 23.0 Å². The minimum Gasteiger partial charge on any atom is -0.383 e. The Labute approximate surface area is 188 Å². The van der Waals surface area contributed by atoms with Crippen molar-refractivity contribution in [3.63, 3.8) is 0 Å². The van der Waals surface area contributed by atoms with Crippen LogP contribution in [-0.2, 0) is 20.9 Å². The summed E-state index contributed by atoms with van der Waals surface area (Å²) < 4.78 is 6.65. The molecule has 0 aliphatic carbocycles. The number of amides is 2. The van der Waals surface area contributed by atoms with Gasteiger partial charge in [0.05, 0.1) is 12.1 Å². The SMILES string of the molecule is COCCNC(=O)[C@H](c1ccccc1)N(CCC(C)C)C(=O)Cn1nnc2ccccc21. The van der Waals surface area contributed by atoms with Crippen molar-refractivity contribution in [2.24, 2.45) is 5.92 Å². The van der Waals surface area contributed by atoms with Crippen molar-refractivity contribution in [1.82, 2.24) is 25.2 Å². The normalized spacial score (nSPS) is 12.1. The second-order valence-corrected chi connectivity index (χ2v) is 8.10. The Balaban J connectivity index is 1.91. The highest BCUT2D eigenvalue weighted by molar-refractivity contribution is 5.89. The molecule has 1 atom stereocenters. The van der Waals surface area contributed by atoms with Gasteiger partial charge in [-0.05, 0) is 30.0 Å². The van der Waals surface area contributed by atoms with Gasteiger partial charge in [0.15, 0.2) is 0 Å². The Morgan fingerprint density at radius 2 is 1.81 bits per heavy atom. The summed E-state index contributed by atoms with van der Waals surface area (Å²) in [6.07, 6.45) is 0.776. The first kappa shape index (κ1) is 23.4. The van der Waals surface area contributed by atoms with Crippen molar-refractivity contribution in [2.75, 3.05) is 26.8 Å². The fraction of sp³-hybridized carbons (Fsp3) is 0.417. The van der Waals surface area contributed by atoms with Crippen molar-refractivity contribution in [3.05, 3.63) is 60.2 Å². The second kappa shape index (κ2) is 11.4. The van der Waals surface area contributed by atoms with Gasteiger partial charge in [-0.25, -0.2) is 4.68 Å². The zero-order chi connectivity index (χ0) is 22.9. The number of benzene rings is 2.